The molecule has 0 spiro atoms. The number of ether oxygens (including phenoxy) is 1. The van der Waals surface area contributed by atoms with Crippen molar-refractivity contribution in [1.29, 1.82) is 0 Å². The van der Waals surface area contributed by atoms with Gasteiger partial charge in [-0.25, -0.2) is 0 Å². The van der Waals surface area contributed by atoms with Gasteiger partial charge < -0.3 is 9.84 Å². The largest absolute Gasteiger partial charge is 0.512 e. The van der Waals surface area contributed by atoms with Crippen molar-refractivity contribution in [2.24, 2.45) is 10.8 Å². The molecule has 0 unspecified atom stereocenters. The van der Waals surface area contributed by atoms with Gasteiger partial charge in [-0.2, -0.15) is 0 Å². The van der Waals surface area contributed by atoms with E-state index in [1.165, 1.54) is 17.0 Å². The zero-order valence-corrected chi connectivity index (χ0v) is 29.4. The summed E-state index contributed by atoms with van der Waals surface area (Å²) >= 11 is 0. The number of benzene rings is 2. The Balaban J connectivity index is 0.000000250. The van der Waals surface area contributed by atoms with Gasteiger partial charge in [0.2, 0.25) is 0 Å². The molecule has 0 saturated carbocycles. The summed E-state index contributed by atoms with van der Waals surface area (Å²) < 4.78 is 6.14. The van der Waals surface area contributed by atoms with Crippen LogP contribution >= 0.6 is 0 Å². The van der Waals surface area contributed by atoms with Crippen molar-refractivity contribution in [2.45, 2.75) is 93.4 Å². The normalized spacial score (nSPS) is 13.0. The van der Waals surface area contributed by atoms with Crippen LogP contribution in [-0.2, 0) is 30.3 Å². The summed E-state index contributed by atoms with van der Waals surface area (Å²) in [6, 6.07) is 17.7. The van der Waals surface area contributed by atoms with Crippen LogP contribution in [0, 0.1) is 16.9 Å². The number of fused-ring (bicyclic) bond motifs is 3. The van der Waals surface area contributed by atoms with Gasteiger partial charge in [-0.05, 0) is 65.3 Å². The van der Waals surface area contributed by atoms with Gasteiger partial charge in [0.05, 0.1) is 0 Å². The van der Waals surface area contributed by atoms with E-state index in [0.29, 0.717) is 5.88 Å². The Morgan fingerprint density at radius 1 is 0.907 bits per heavy atom. The third-order valence-electron chi connectivity index (χ3n) is 9.34. The molecule has 1 aliphatic heterocycles. The molecular weight excluding hydrogens is 713 g/mol. The number of nitrogens with zero attached hydrogens (tertiary/aromatic N) is 2. The Morgan fingerprint density at radius 2 is 1.53 bits per heavy atom. The molecule has 0 atom stereocenters. The molecule has 0 saturated heterocycles. The quantitative estimate of drug-likeness (QED) is 0.102. The van der Waals surface area contributed by atoms with E-state index >= 15 is 0 Å². The summed E-state index contributed by atoms with van der Waals surface area (Å²) in [5.74, 6) is 1.68. The molecule has 231 valence electrons. The summed E-state index contributed by atoms with van der Waals surface area (Å²) in [4.78, 5) is 21.5. The second-order valence-corrected chi connectivity index (χ2v) is 12.9. The fourth-order valence-corrected chi connectivity index (χ4v) is 5.25. The van der Waals surface area contributed by atoms with Crippen LogP contribution in [0.25, 0.3) is 32.9 Å². The van der Waals surface area contributed by atoms with Crippen molar-refractivity contribution in [1.82, 2.24) is 9.97 Å². The average molecular weight is 758 g/mol. The number of aromatic nitrogens is 2. The van der Waals surface area contributed by atoms with Gasteiger partial charge in [0.25, 0.3) is 0 Å². The number of hydrogen-bond donors (Lipinski definition) is 1. The first kappa shape index (κ1) is 34.4. The zero-order chi connectivity index (χ0) is 30.9. The summed E-state index contributed by atoms with van der Waals surface area (Å²) in [5.41, 5.74) is 3.34. The molecule has 0 amide bonds. The smallest absolute Gasteiger partial charge is 0.164 e. The molecule has 0 aliphatic carbocycles. The molecule has 6 heteroatoms. The fourth-order valence-electron chi connectivity index (χ4n) is 5.25. The van der Waals surface area contributed by atoms with E-state index in [4.69, 9.17) is 4.74 Å². The van der Waals surface area contributed by atoms with Crippen LogP contribution in [0.2, 0.25) is 0 Å². The van der Waals surface area contributed by atoms with E-state index in [1.54, 1.807) is 0 Å². The Morgan fingerprint density at radius 3 is 2.14 bits per heavy atom. The second-order valence-electron chi connectivity index (χ2n) is 12.9. The third kappa shape index (κ3) is 6.71. The first-order valence-corrected chi connectivity index (χ1v) is 15.2. The first-order valence-electron chi connectivity index (χ1n) is 15.2. The number of ketones is 1. The van der Waals surface area contributed by atoms with Crippen LogP contribution in [0.4, 0.5) is 0 Å². The minimum Gasteiger partial charge on any atom is -0.512 e. The molecule has 0 fully saturated rings. The van der Waals surface area contributed by atoms with Crippen molar-refractivity contribution in [3.05, 3.63) is 72.1 Å². The van der Waals surface area contributed by atoms with Crippen LogP contribution in [-0.4, -0.2) is 20.9 Å². The van der Waals surface area contributed by atoms with Gasteiger partial charge in [0, 0.05) is 54.3 Å². The number of allylic oxidation sites excluding steroid dienone is 2. The van der Waals surface area contributed by atoms with Gasteiger partial charge in [-0.3, -0.25) is 14.8 Å². The van der Waals surface area contributed by atoms with Crippen LogP contribution in [0.3, 0.4) is 0 Å². The number of aliphatic hydroxyl groups is 1. The molecule has 1 radical (unpaired) electrons. The van der Waals surface area contributed by atoms with Crippen molar-refractivity contribution in [3.8, 4) is 22.9 Å². The maximum absolute atomic E-state index is 12.2. The molecular formula is C37H45IrN2O3-. The molecule has 43 heavy (non-hydrogen) atoms. The zero-order valence-electron chi connectivity index (χ0n) is 27.0. The van der Waals surface area contributed by atoms with Crippen molar-refractivity contribution in [2.75, 3.05) is 0 Å². The van der Waals surface area contributed by atoms with E-state index in [-0.39, 0.29) is 47.9 Å². The Labute approximate surface area is 270 Å². The van der Waals surface area contributed by atoms with E-state index in [2.05, 4.69) is 48.9 Å². The van der Waals surface area contributed by atoms with Gasteiger partial charge in [0.15, 0.2) is 11.7 Å². The van der Waals surface area contributed by atoms with Gasteiger partial charge in [-0.15, -0.1) is 12.1 Å². The molecule has 5 nitrogen and oxygen atoms in total. The number of aliphatic hydroxyl groups excluding tert-OH is 1. The molecule has 4 aromatic rings. The predicted molar refractivity (Wildman–Crippen MR) is 173 cm³/mol. The van der Waals surface area contributed by atoms with E-state index < -0.39 is 0 Å². The maximum atomic E-state index is 12.2. The fraction of sp³-hybridized carbons (Fsp3) is 0.432. The van der Waals surface area contributed by atoms with Crippen LogP contribution < -0.4 is 4.74 Å². The number of para-hydroxylation sites is 1. The van der Waals surface area contributed by atoms with Crippen molar-refractivity contribution in [3.63, 3.8) is 0 Å². The Kier molecular flexibility index (Phi) is 10.6. The second kappa shape index (κ2) is 13.3. The number of rotatable bonds is 7. The number of carbonyl (C=O) groups is 1. The summed E-state index contributed by atoms with van der Waals surface area (Å²) in [5, 5.41) is 13.3. The average Bonchev–Trinajstić information content (AvgIpc) is 2.99. The molecule has 3 heterocycles. The van der Waals surface area contributed by atoms with Gasteiger partial charge >= 0.3 is 0 Å². The SMILES string of the molecule is CC(C)(C)c1ccc2c3c(nccc13)-c1[c-]c3ccccc3nc1O2.CCC(C)(CC)C(=O)/C=C(\O)C(C)(CC)CC.[Ir]. The van der Waals surface area contributed by atoms with Crippen LogP contribution in [0.5, 0.6) is 11.6 Å². The summed E-state index contributed by atoms with van der Waals surface area (Å²) in [6.45, 7) is 18.8. The van der Waals surface area contributed by atoms with Gasteiger partial charge in [-0.1, -0.05) is 92.0 Å². The number of pyridine rings is 2. The Hall–Kier alpha value is -3.08. The Bertz CT molecular complexity index is 1640. The molecule has 1 N–H and O–H groups in total. The predicted octanol–water partition coefficient (Wildman–Crippen LogP) is 10.3. The molecule has 0 bridgehead atoms. The van der Waals surface area contributed by atoms with E-state index in [1.807, 2.05) is 78.1 Å². The minimum absolute atomic E-state index is 0. The summed E-state index contributed by atoms with van der Waals surface area (Å²) in [7, 11) is 0. The van der Waals surface area contributed by atoms with Crippen LogP contribution in [0.15, 0.2) is 60.5 Å². The van der Waals surface area contributed by atoms with Crippen molar-refractivity contribution < 1.29 is 34.7 Å². The minimum atomic E-state index is -0.337. The monoisotopic (exact) mass is 758 g/mol. The van der Waals surface area contributed by atoms with Gasteiger partial charge in [0.1, 0.15) is 11.5 Å². The molecule has 5 rings (SSSR count). The first-order chi connectivity index (χ1) is 19.8. The standard InChI is InChI=1S/C22H17N2O.C15H28O2.Ir/c1-22(2,3)16-8-9-18-19-14(16)10-11-23-20(19)15-12-13-6-4-5-7-17(13)24-21(15)25-18;1-7-14(5,8-2)12(16)11-13(17)15(6,9-3)10-4;/h4-11H,1-3H3;11,16H,7-10H2,1-6H3;/q-1;;/b;12-11-;. The van der Waals surface area contributed by atoms with Crippen LogP contribution in [0.1, 0.15) is 93.6 Å². The van der Waals surface area contributed by atoms with Crippen molar-refractivity contribution >= 4 is 27.5 Å². The number of hydrogen-bond acceptors (Lipinski definition) is 5. The van der Waals surface area contributed by atoms with E-state index in [9.17, 15) is 9.90 Å². The topological polar surface area (TPSA) is 72.3 Å². The third-order valence-corrected chi connectivity index (χ3v) is 9.34. The van der Waals surface area contributed by atoms with E-state index in [0.717, 1.165) is 59.0 Å². The summed E-state index contributed by atoms with van der Waals surface area (Å²) in [6.07, 6.45) is 6.62. The molecule has 2 aromatic carbocycles. The maximum Gasteiger partial charge on any atom is 0.164 e. The molecule has 2 aromatic heterocycles. The molecule has 1 aliphatic rings. The number of carbonyl (C=O) groups excluding carboxylic acids is 1.